The number of sulfonamides is 1. The van der Waals surface area contributed by atoms with Gasteiger partial charge in [0, 0.05) is 44.5 Å². The van der Waals surface area contributed by atoms with E-state index in [0.717, 1.165) is 5.56 Å². The molecule has 11 heteroatoms. The van der Waals surface area contributed by atoms with E-state index >= 15 is 0 Å². The molecule has 0 aliphatic carbocycles. The second-order valence-corrected chi connectivity index (χ2v) is 10.1. The lowest BCUT2D eigenvalue weighted by atomic mass is 9.97. The second-order valence-electron chi connectivity index (χ2n) is 8.26. The third-order valence-corrected chi connectivity index (χ3v) is 7.71. The third-order valence-electron chi connectivity index (χ3n) is 5.94. The highest BCUT2D eigenvalue weighted by molar-refractivity contribution is 7.89. The molecule has 1 saturated heterocycles. The second kappa shape index (κ2) is 9.82. The molecule has 3 aromatic rings. The summed E-state index contributed by atoms with van der Waals surface area (Å²) < 4.78 is 33.8. The minimum absolute atomic E-state index is 0.0409. The van der Waals surface area contributed by atoms with Crippen molar-refractivity contribution in [1.82, 2.24) is 19.2 Å². The van der Waals surface area contributed by atoms with Crippen molar-refractivity contribution in [1.29, 1.82) is 0 Å². The van der Waals surface area contributed by atoms with Crippen LogP contribution in [-0.4, -0.2) is 47.2 Å². The number of aromatic nitrogens is 2. The number of nitrogens with zero attached hydrogens (tertiary/aromatic N) is 3. The lowest BCUT2D eigenvalue weighted by molar-refractivity contribution is -0.126. The van der Waals surface area contributed by atoms with Gasteiger partial charge in [0.25, 0.3) is 15.9 Å². The van der Waals surface area contributed by atoms with Crippen LogP contribution < -0.4 is 10.6 Å². The quantitative estimate of drug-likeness (QED) is 0.529. The smallest absolute Gasteiger partial charge is 0.291 e. The molecule has 10 nitrogen and oxygen atoms in total. The molecule has 0 saturated carbocycles. The number of rotatable bonds is 7. The summed E-state index contributed by atoms with van der Waals surface area (Å²) in [4.78, 5) is 28.8. The fourth-order valence-corrected chi connectivity index (χ4v) is 5.28. The van der Waals surface area contributed by atoms with Crippen LogP contribution in [0.3, 0.4) is 0 Å². The predicted molar refractivity (Wildman–Crippen MR) is 124 cm³/mol. The first-order chi connectivity index (χ1) is 16.2. The number of amides is 2. The zero-order valence-electron chi connectivity index (χ0n) is 19.0. The molecule has 0 bridgehead atoms. The van der Waals surface area contributed by atoms with Gasteiger partial charge >= 0.3 is 0 Å². The Labute approximate surface area is 198 Å². The van der Waals surface area contributed by atoms with Crippen molar-refractivity contribution in [3.05, 3.63) is 66.0 Å². The molecule has 0 spiro atoms. The van der Waals surface area contributed by atoms with Crippen LogP contribution in [0, 0.1) is 12.8 Å². The highest BCUT2D eigenvalue weighted by Crippen LogP contribution is 2.24. The summed E-state index contributed by atoms with van der Waals surface area (Å²) >= 11 is 0. The van der Waals surface area contributed by atoms with E-state index in [1.165, 1.54) is 16.8 Å². The third kappa shape index (κ3) is 5.20. The molecule has 0 atom stereocenters. The van der Waals surface area contributed by atoms with Crippen LogP contribution in [0.2, 0.25) is 0 Å². The molecule has 1 aromatic carbocycles. The van der Waals surface area contributed by atoms with Gasteiger partial charge in [0.2, 0.25) is 5.91 Å². The first kappa shape index (κ1) is 23.7. The van der Waals surface area contributed by atoms with E-state index in [4.69, 9.17) is 4.42 Å². The van der Waals surface area contributed by atoms with Crippen LogP contribution in [0.15, 0.2) is 58.3 Å². The van der Waals surface area contributed by atoms with Crippen LogP contribution >= 0.6 is 0 Å². The maximum absolute atomic E-state index is 12.8. The van der Waals surface area contributed by atoms with Crippen molar-refractivity contribution < 1.29 is 22.4 Å². The van der Waals surface area contributed by atoms with Crippen molar-refractivity contribution in [3.63, 3.8) is 0 Å². The largest absolute Gasteiger partial charge is 0.459 e. The minimum atomic E-state index is -3.66. The maximum Gasteiger partial charge on any atom is 0.291 e. The van der Waals surface area contributed by atoms with Gasteiger partial charge in [0.1, 0.15) is 5.82 Å². The van der Waals surface area contributed by atoms with Crippen LogP contribution in [0.25, 0.3) is 0 Å². The Morgan fingerprint density at radius 3 is 2.44 bits per heavy atom. The average molecular weight is 486 g/mol. The molecule has 0 unspecified atom stereocenters. The number of carbonyl (C=O) groups excluding carboxylic acids is 2. The number of hydrogen-bond acceptors (Lipinski definition) is 6. The van der Waals surface area contributed by atoms with Gasteiger partial charge in [0.15, 0.2) is 10.8 Å². The predicted octanol–water partition coefficient (Wildman–Crippen LogP) is 2.29. The Morgan fingerprint density at radius 1 is 1.15 bits per heavy atom. The van der Waals surface area contributed by atoms with Gasteiger partial charge in [-0.3, -0.25) is 9.59 Å². The molecule has 4 rings (SSSR count). The number of hydrogen-bond donors (Lipinski definition) is 2. The zero-order chi connectivity index (χ0) is 24.3. The lowest BCUT2D eigenvalue weighted by Gasteiger charge is -2.29. The number of anilines is 1. The van der Waals surface area contributed by atoms with Crippen molar-refractivity contribution >= 4 is 27.5 Å². The first-order valence-electron chi connectivity index (χ1n) is 11.0. The molecule has 1 aliphatic rings. The van der Waals surface area contributed by atoms with E-state index in [0.29, 0.717) is 30.9 Å². The highest BCUT2D eigenvalue weighted by Gasteiger charge is 2.33. The average Bonchev–Trinajstić information content (AvgIpc) is 3.49. The summed E-state index contributed by atoms with van der Waals surface area (Å²) in [5, 5.41) is 5.70. The Morgan fingerprint density at radius 2 is 1.85 bits per heavy atom. The summed E-state index contributed by atoms with van der Waals surface area (Å²) in [6.07, 6.45) is 3.85. The standard InChI is InChI=1S/C23H27N5O5S/c1-16-25-21(15-27(16)2)34(31,32)28-11-9-18(10-12-28)22(29)24-14-17-5-7-19(8-6-17)26-23(30)20-4-3-13-33-20/h3-8,13,15,18H,9-12,14H2,1-2H3,(H,24,29)(H,26,30). The van der Waals surface area contributed by atoms with Crippen LogP contribution in [0.1, 0.15) is 34.8 Å². The van der Waals surface area contributed by atoms with Crippen LogP contribution in [0.4, 0.5) is 5.69 Å². The summed E-state index contributed by atoms with van der Waals surface area (Å²) in [7, 11) is -1.91. The van der Waals surface area contributed by atoms with E-state index in [9.17, 15) is 18.0 Å². The molecule has 2 aromatic heterocycles. The number of piperidine rings is 1. The molecule has 2 N–H and O–H groups in total. The molecule has 34 heavy (non-hydrogen) atoms. The fraction of sp³-hybridized carbons (Fsp3) is 0.348. The van der Waals surface area contributed by atoms with Crippen LogP contribution in [0.5, 0.6) is 0 Å². The van der Waals surface area contributed by atoms with Crippen molar-refractivity contribution in [2.45, 2.75) is 31.3 Å². The van der Waals surface area contributed by atoms with Gasteiger partial charge < -0.3 is 19.6 Å². The van der Waals surface area contributed by atoms with Crippen molar-refractivity contribution in [2.75, 3.05) is 18.4 Å². The number of imidazole rings is 1. The topological polar surface area (TPSA) is 127 Å². The lowest BCUT2D eigenvalue weighted by Crippen LogP contribution is -2.43. The summed E-state index contributed by atoms with van der Waals surface area (Å²) in [5.74, 6) is 0.174. The number of furan rings is 1. The molecular formula is C23H27N5O5S. The SMILES string of the molecule is Cc1nc(S(=O)(=O)N2CCC(C(=O)NCc3ccc(NC(=O)c4ccco4)cc3)CC2)cn1C. The Bertz CT molecular complexity index is 1240. The van der Waals surface area contributed by atoms with Crippen molar-refractivity contribution in [2.24, 2.45) is 13.0 Å². The number of aryl methyl sites for hydroxylation is 2. The maximum atomic E-state index is 12.8. The van der Waals surface area contributed by atoms with E-state index in [-0.39, 0.29) is 41.6 Å². The van der Waals surface area contributed by atoms with E-state index in [1.54, 1.807) is 42.8 Å². The van der Waals surface area contributed by atoms with Gasteiger partial charge in [-0.1, -0.05) is 12.1 Å². The molecular weight excluding hydrogens is 458 g/mol. The van der Waals surface area contributed by atoms with Crippen molar-refractivity contribution in [3.8, 4) is 0 Å². The monoisotopic (exact) mass is 485 g/mol. The normalized spacial score (nSPS) is 15.2. The summed E-state index contributed by atoms with van der Waals surface area (Å²) in [6, 6.07) is 10.4. The highest BCUT2D eigenvalue weighted by atomic mass is 32.2. The number of benzene rings is 1. The minimum Gasteiger partial charge on any atom is -0.459 e. The molecule has 1 fully saturated rings. The van der Waals surface area contributed by atoms with E-state index < -0.39 is 10.0 Å². The van der Waals surface area contributed by atoms with Gasteiger partial charge in [-0.05, 0) is 49.6 Å². The molecule has 0 radical (unpaired) electrons. The first-order valence-corrected chi connectivity index (χ1v) is 12.4. The Balaban J connectivity index is 1.25. The summed E-state index contributed by atoms with van der Waals surface area (Å²) in [5.41, 5.74) is 1.50. The van der Waals surface area contributed by atoms with Gasteiger partial charge in [-0.25, -0.2) is 13.4 Å². The number of carbonyl (C=O) groups is 2. The van der Waals surface area contributed by atoms with Gasteiger partial charge in [-0.15, -0.1) is 0 Å². The Kier molecular flexibility index (Phi) is 6.85. The molecule has 1 aliphatic heterocycles. The van der Waals surface area contributed by atoms with Crippen LogP contribution in [-0.2, 0) is 28.4 Å². The number of nitrogens with one attached hydrogen (secondary N) is 2. The van der Waals surface area contributed by atoms with Gasteiger partial charge in [-0.2, -0.15) is 4.31 Å². The van der Waals surface area contributed by atoms with E-state index in [2.05, 4.69) is 15.6 Å². The molecule has 3 heterocycles. The Hall–Kier alpha value is -3.44. The molecule has 2 amide bonds. The molecule has 180 valence electrons. The zero-order valence-corrected chi connectivity index (χ0v) is 19.8. The fourth-order valence-electron chi connectivity index (χ4n) is 3.78. The summed E-state index contributed by atoms with van der Waals surface area (Å²) in [6.45, 7) is 2.65. The van der Waals surface area contributed by atoms with E-state index in [1.807, 2.05) is 12.1 Å². The van der Waals surface area contributed by atoms with Gasteiger partial charge in [0.05, 0.1) is 6.26 Å².